The van der Waals surface area contributed by atoms with Crippen molar-refractivity contribution < 1.29 is 24.2 Å². The lowest BCUT2D eigenvalue weighted by Crippen LogP contribution is -2.37. The number of esters is 1. The van der Waals surface area contributed by atoms with Crippen molar-refractivity contribution in [3.8, 4) is 11.5 Å². The monoisotopic (exact) mass is 476 g/mol. The summed E-state index contributed by atoms with van der Waals surface area (Å²) in [7, 11) is 1.80. The maximum atomic E-state index is 13.2. The maximum absolute atomic E-state index is 13.2. The number of likely N-dealkylation sites (N-methyl/N-ethyl adjacent to an activating group) is 1. The van der Waals surface area contributed by atoms with Crippen molar-refractivity contribution in [1.82, 2.24) is 20.6 Å². The molecule has 0 radical (unpaired) electrons. The third-order valence-electron chi connectivity index (χ3n) is 5.76. The molecule has 0 aliphatic rings. The number of hydrogen-bond donors (Lipinski definition) is 3. The van der Waals surface area contributed by atoms with Crippen LogP contribution in [0.3, 0.4) is 0 Å². The fourth-order valence-electron chi connectivity index (χ4n) is 3.88. The number of nitrogens with one attached hydrogen (secondary N) is 2. The molecule has 0 bridgehead atoms. The molecule has 4 rings (SSSR count). The number of hydrogen-bond acceptors (Lipinski definition) is 8. The van der Waals surface area contributed by atoms with Crippen molar-refractivity contribution in [2.45, 2.75) is 26.8 Å². The lowest BCUT2D eigenvalue weighted by atomic mass is 10.0. The van der Waals surface area contributed by atoms with Crippen LogP contribution in [0.2, 0.25) is 0 Å². The van der Waals surface area contributed by atoms with Crippen molar-refractivity contribution in [3.05, 3.63) is 47.5 Å². The second-order valence-corrected chi connectivity index (χ2v) is 8.08. The van der Waals surface area contributed by atoms with Gasteiger partial charge in [0.15, 0.2) is 0 Å². The molecule has 1 aromatic heterocycles. The number of aromatic nitrogens is 2. The Hall–Kier alpha value is -3.98. The van der Waals surface area contributed by atoms with Crippen LogP contribution in [0.5, 0.6) is 11.5 Å². The Labute approximate surface area is 202 Å². The van der Waals surface area contributed by atoms with E-state index in [1.165, 1.54) is 0 Å². The van der Waals surface area contributed by atoms with E-state index < -0.39 is 11.9 Å². The first-order valence-corrected chi connectivity index (χ1v) is 11.5. The van der Waals surface area contributed by atoms with Crippen LogP contribution >= 0.6 is 0 Å². The molecule has 1 unspecified atom stereocenters. The highest BCUT2D eigenvalue weighted by atomic mass is 16.5. The molecule has 4 aromatic rings. The van der Waals surface area contributed by atoms with Gasteiger partial charge in [-0.05, 0) is 33.9 Å². The Morgan fingerprint density at radius 3 is 2.40 bits per heavy atom. The van der Waals surface area contributed by atoms with Gasteiger partial charge in [0.25, 0.3) is 5.91 Å². The predicted molar refractivity (Wildman–Crippen MR) is 134 cm³/mol. The highest BCUT2D eigenvalue weighted by molar-refractivity contribution is 6.19. The van der Waals surface area contributed by atoms with E-state index in [1.54, 1.807) is 38.2 Å². The quantitative estimate of drug-likeness (QED) is 0.200. The summed E-state index contributed by atoms with van der Waals surface area (Å²) >= 11 is 0. The zero-order valence-corrected chi connectivity index (χ0v) is 20.1. The molecule has 0 aliphatic carbocycles. The summed E-state index contributed by atoms with van der Waals surface area (Å²) in [4.78, 5) is 35.3. The van der Waals surface area contributed by atoms with Gasteiger partial charge in [-0.3, -0.25) is 4.79 Å². The van der Waals surface area contributed by atoms with Gasteiger partial charge in [-0.15, -0.1) is 0 Å². The summed E-state index contributed by atoms with van der Waals surface area (Å²) in [6.07, 6.45) is 0. The van der Waals surface area contributed by atoms with E-state index in [2.05, 4.69) is 10.6 Å². The van der Waals surface area contributed by atoms with E-state index >= 15 is 0 Å². The summed E-state index contributed by atoms with van der Waals surface area (Å²) in [5.41, 5.74) is 1.80. The van der Waals surface area contributed by atoms with Gasteiger partial charge in [-0.25, -0.2) is 14.8 Å². The van der Waals surface area contributed by atoms with Gasteiger partial charge < -0.3 is 25.2 Å². The molecule has 0 saturated carbocycles. The van der Waals surface area contributed by atoms with Crippen molar-refractivity contribution in [2.24, 2.45) is 0 Å². The number of amides is 1. The zero-order chi connectivity index (χ0) is 25.1. The molecule has 0 spiro atoms. The Bertz CT molecular complexity index is 1440. The topological polar surface area (TPSA) is 123 Å². The lowest BCUT2D eigenvalue weighted by Gasteiger charge is -2.16. The van der Waals surface area contributed by atoms with Gasteiger partial charge >= 0.3 is 5.97 Å². The minimum atomic E-state index is -0.542. The third-order valence-corrected chi connectivity index (χ3v) is 5.76. The summed E-state index contributed by atoms with van der Waals surface area (Å²) < 4.78 is 10.9. The summed E-state index contributed by atoms with van der Waals surface area (Å²) in [6.45, 7) is 6.39. The van der Waals surface area contributed by atoms with Crippen molar-refractivity contribution >= 4 is 44.7 Å². The van der Waals surface area contributed by atoms with E-state index in [9.17, 15) is 14.7 Å². The van der Waals surface area contributed by atoms with E-state index in [-0.39, 0.29) is 35.0 Å². The van der Waals surface area contributed by atoms with E-state index in [1.807, 2.05) is 26.0 Å². The van der Waals surface area contributed by atoms with Crippen molar-refractivity contribution in [2.75, 3.05) is 26.8 Å². The van der Waals surface area contributed by atoms with Crippen LogP contribution < -0.4 is 15.4 Å². The first kappa shape index (κ1) is 24.2. The Morgan fingerprint density at radius 1 is 1.03 bits per heavy atom. The number of phenolic OH excluding ortho intramolecular Hbond substituents is 1. The number of fused-ring (bicyclic) bond motifs is 4. The second-order valence-electron chi connectivity index (χ2n) is 8.08. The molecular weight excluding hydrogens is 448 g/mol. The molecule has 9 heteroatoms. The van der Waals surface area contributed by atoms with E-state index in [4.69, 9.17) is 19.4 Å². The third kappa shape index (κ3) is 4.54. The standard InChI is InChI=1S/C26H28N4O5/c1-5-34-20-12-19-18(11-17(20)26(33)35-6-2)30-23-21(25(32)28-13-14(3)27-4)24(31)16-10-8-7-9-15(16)22(23)29-19/h7-12,14,27,31H,5-6,13H2,1-4H3,(H,28,32). The summed E-state index contributed by atoms with van der Waals surface area (Å²) in [6, 6.07) is 10.4. The fraction of sp³-hybridized carbons (Fsp3) is 0.308. The first-order chi connectivity index (χ1) is 16.9. The van der Waals surface area contributed by atoms with Crippen LogP contribution in [0.1, 0.15) is 41.5 Å². The molecule has 1 atom stereocenters. The van der Waals surface area contributed by atoms with Crippen molar-refractivity contribution in [3.63, 3.8) is 0 Å². The molecule has 9 nitrogen and oxygen atoms in total. The molecule has 1 amide bonds. The molecule has 182 valence electrons. The molecular formula is C26H28N4O5. The zero-order valence-electron chi connectivity index (χ0n) is 20.1. The largest absolute Gasteiger partial charge is 0.506 e. The van der Waals surface area contributed by atoms with E-state index in [0.717, 1.165) is 0 Å². The maximum Gasteiger partial charge on any atom is 0.341 e. The number of nitrogens with zero attached hydrogens (tertiary/aromatic N) is 2. The van der Waals surface area contributed by atoms with Crippen LogP contribution in [0, 0.1) is 0 Å². The lowest BCUT2D eigenvalue weighted by molar-refractivity contribution is 0.0522. The number of rotatable bonds is 8. The first-order valence-electron chi connectivity index (χ1n) is 11.5. The number of benzene rings is 3. The molecule has 3 N–H and O–H groups in total. The average molecular weight is 477 g/mol. The number of carbonyl (C=O) groups excluding carboxylic acids is 2. The molecule has 1 heterocycles. The minimum Gasteiger partial charge on any atom is -0.506 e. The van der Waals surface area contributed by atoms with Gasteiger partial charge in [-0.2, -0.15) is 0 Å². The van der Waals surface area contributed by atoms with Crippen molar-refractivity contribution in [1.29, 1.82) is 0 Å². The number of phenols is 1. The average Bonchev–Trinajstić information content (AvgIpc) is 2.86. The molecule has 0 aliphatic heterocycles. The van der Waals surface area contributed by atoms with Gasteiger partial charge in [0.2, 0.25) is 0 Å². The second kappa shape index (κ2) is 10.1. The SMILES string of the molecule is CCOC(=O)c1cc2nc3c(C(=O)NCC(C)NC)c(O)c4ccccc4c3nc2cc1OCC. The van der Waals surface area contributed by atoms with Crippen LogP contribution in [-0.2, 0) is 4.74 Å². The highest BCUT2D eigenvalue weighted by Crippen LogP contribution is 2.37. The number of aromatic hydroxyl groups is 1. The molecule has 0 fully saturated rings. The Morgan fingerprint density at radius 2 is 1.71 bits per heavy atom. The molecule has 0 saturated heterocycles. The predicted octanol–water partition coefficient (Wildman–Crippen LogP) is 3.55. The van der Waals surface area contributed by atoms with Crippen LogP contribution in [0.25, 0.3) is 32.8 Å². The highest BCUT2D eigenvalue weighted by Gasteiger charge is 2.24. The van der Waals surface area contributed by atoms with Gasteiger partial charge in [0.1, 0.15) is 28.1 Å². The fourth-order valence-corrected chi connectivity index (χ4v) is 3.88. The number of carbonyl (C=O) groups is 2. The van der Waals surface area contributed by atoms with Gasteiger partial charge in [0, 0.05) is 29.4 Å². The normalized spacial score (nSPS) is 12.1. The van der Waals surface area contributed by atoms with Crippen LogP contribution in [0.4, 0.5) is 0 Å². The summed E-state index contributed by atoms with van der Waals surface area (Å²) in [5, 5.41) is 18.2. The van der Waals surface area contributed by atoms with E-state index in [0.29, 0.717) is 46.2 Å². The van der Waals surface area contributed by atoms with Crippen LogP contribution in [-0.4, -0.2) is 59.8 Å². The Kier molecular flexibility index (Phi) is 6.97. The Balaban J connectivity index is 2.01. The number of ether oxygens (including phenoxy) is 2. The molecule has 35 heavy (non-hydrogen) atoms. The van der Waals surface area contributed by atoms with Crippen LogP contribution in [0.15, 0.2) is 36.4 Å². The van der Waals surface area contributed by atoms with Gasteiger partial charge in [-0.1, -0.05) is 24.3 Å². The summed E-state index contributed by atoms with van der Waals surface area (Å²) in [5.74, 6) is -0.840. The smallest absolute Gasteiger partial charge is 0.341 e. The molecule has 3 aromatic carbocycles. The minimum absolute atomic E-state index is 0.0305. The van der Waals surface area contributed by atoms with Gasteiger partial charge in [0.05, 0.1) is 29.8 Å².